The average molecular weight is 342 g/mol. The van der Waals surface area contributed by atoms with Gasteiger partial charge in [-0.05, 0) is 50.3 Å². The van der Waals surface area contributed by atoms with Crippen molar-refractivity contribution in [2.45, 2.75) is 20.0 Å². The second-order valence-electron chi connectivity index (χ2n) is 5.99. The van der Waals surface area contributed by atoms with Crippen molar-refractivity contribution < 1.29 is 14.3 Å². The summed E-state index contributed by atoms with van der Waals surface area (Å²) in [4.78, 5) is 14.6. The third-order valence-corrected chi connectivity index (χ3v) is 3.77. The van der Waals surface area contributed by atoms with Crippen molar-refractivity contribution in [1.29, 1.82) is 0 Å². The van der Waals surface area contributed by atoms with Crippen LogP contribution in [0.2, 0.25) is 0 Å². The molecule has 2 rings (SSSR count). The summed E-state index contributed by atoms with van der Waals surface area (Å²) >= 11 is 0. The van der Waals surface area contributed by atoms with Crippen LogP contribution in [0.5, 0.6) is 11.5 Å². The van der Waals surface area contributed by atoms with E-state index in [-0.39, 0.29) is 5.91 Å². The van der Waals surface area contributed by atoms with Crippen LogP contribution in [0.4, 0.5) is 0 Å². The zero-order valence-corrected chi connectivity index (χ0v) is 15.3. The molecule has 0 spiro atoms. The van der Waals surface area contributed by atoms with Crippen molar-refractivity contribution in [1.82, 2.24) is 10.2 Å². The molecule has 0 saturated heterocycles. The molecule has 5 nitrogen and oxygen atoms in total. The highest BCUT2D eigenvalue weighted by molar-refractivity contribution is 5.94. The number of rotatable bonds is 8. The molecule has 1 N–H and O–H groups in total. The Kier molecular flexibility index (Phi) is 6.83. The molecule has 25 heavy (non-hydrogen) atoms. The first kappa shape index (κ1) is 18.8. The van der Waals surface area contributed by atoms with Crippen LogP contribution in [0.3, 0.4) is 0 Å². The van der Waals surface area contributed by atoms with E-state index < -0.39 is 0 Å². The molecule has 0 fully saturated rings. The zero-order valence-electron chi connectivity index (χ0n) is 15.3. The number of hydrogen-bond acceptors (Lipinski definition) is 4. The van der Waals surface area contributed by atoms with Gasteiger partial charge in [-0.15, -0.1) is 0 Å². The summed E-state index contributed by atoms with van der Waals surface area (Å²) in [5.41, 5.74) is 2.87. The van der Waals surface area contributed by atoms with Gasteiger partial charge in [0.25, 0.3) is 5.91 Å². The number of carbonyl (C=O) groups excluding carboxylic acids is 1. The van der Waals surface area contributed by atoms with E-state index in [9.17, 15) is 4.79 Å². The Bertz CT molecular complexity index is 714. The highest BCUT2D eigenvalue weighted by Crippen LogP contribution is 2.28. The Morgan fingerprint density at radius 1 is 1.08 bits per heavy atom. The van der Waals surface area contributed by atoms with Crippen molar-refractivity contribution in [2.75, 3.05) is 27.8 Å². The third-order valence-electron chi connectivity index (χ3n) is 3.77. The molecule has 0 unspecified atom stereocenters. The maximum absolute atomic E-state index is 12.5. The van der Waals surface area contributed by atoms with Crippen molar-refractivity contribution in [3.8, 4) is 11.5 Å². The van der Waals surface area contributed by atoms with Crippen molar-refractivity contribution in [3.05, 3.63) is 59.2 Å². The topological polar surface area (TPSA) is 50.8 Å². The van der Waals surface area contributed by atoms with Gasteiger partial charge in [0.05, 0.1) is 13.7 Å². The fraction of sp³-hybridized carbons (Fsp3) is 0.350. The van der Waals surface area contributed by atoms with Gasteiger partial charge < -0.3 is 19.7 Å². The van der Waals surface area contributed by atoms with Gasteiger partial charge in [0.2, 0.25) is 0 Å². The van der Waals surface area contributed by atoms with E-state index in [1.165, 1.54) is 5.56 Å². The van der Waals surface area contributed by atoms with Crippen LogP contribution >= 0.6 is 0 Å². The number of ether oxygens (including phenoxy) is 2. The standard InChI is InChI=1S/C20H26N2O3/c1-5-25-19-12-15(10-11-18(19)24-4)20(23)21-13-16-8-6-7-9-17(16)14-22(2)3/h6-12H,5,13-14H2,1-4H3,(H,21,23). The predicted octanol–water partition coefficient (Wildman–Crippen LogP) is 3.09. The molecule has 5 heteroatoms. The van der Waals surface area contributed by atoms with E-state index in [1.807, 2.05) is 39.2 Å². The molecule has 0 aliphatic heterocycles. The molecule has 0 radical (unpaired) electrons. The van der Waals surface area contributed by atoms with E-state index in [2.05, 4.69) is 16.3 Å². The molecule has 0 aliphatic carbocycles. The molecule has 134 valence electrons. The molecule has 2 aromatic carbocycles. The van der Waals surface area contributed by atoms with Gasteiger partial charge in [0, 0.05) is 18.7 Å². The highest BCUT2D eigenvalue weighted by Gasteiger charge is 2.12. The molecule has 0 heterocycles. The van der Waals surface area contributed by atoms with E-state index >= 15 is 0 Å². The van der Waals surface area contributed by atoms with Gasteiger partial charge in [0.15, 0.2) is 11.5 Å². The molecule has 0 aromatic heterocycles. The lowest BCUT2D eigenvalue weighted by molar-refractivity contribution is 0.0950. The van der Waals surface area contributed by atoms with Gasteiger partial charge in [0.1, 0.15) is 0 Å². The molecule has 2 aromatic rings. The number of hydrogen-bond donors (Lipinski definition) is 1. The maximum atomic E-state index is 12.5. The lowest BCUT2D eigenvalue weighted by Gasteiger charge is -2.15. The summed E-state index contributed by atoms with van der Waals surface area (Å²) in [6, 6.07) is 13.3. The van der Waals surface area contributed by atoms with Crippen LogP contribution < -0.4 is 14.8 Å². The molecule has 0 bridgehead atoms. The monoisotopic (exact) mass is 342 g/mol. The Labute approximate surface area is 149 Å². The Morgan fingerprint density at radius 2 is 1.80 bits per heavy atom. The minimum Gasteiger partial charge on any atom is -0.493 e. The van der Waals surface area contributed by atoms with Crippen LogP contribution in [-0.4, -0.2) is 38.6 Å². The van der Waals surface area contributed by atoms with Crippen molar-refractivity contribution in [3.63, 3.8) is 0 Å². The summed E-state index contributed by atoms with van der Waals surface area (Å²) < 4.78 is 10.8. The highest BCUT2D eigenvalue weighted by atomic mass is 16.5. The van der Waals surface area contributed by atoms with Crippen LogP contribution in [0.15, 0.2) is 42.5 Å². The Hall–Kier alpha value is -2.53. The number of carbonyl (C=O) groups is 1. The third kappa shape index (κ3) is 5.22. The second kappa shape index (κ2) is 9.08. The summed E-state index contributed by atoms with van der Waals surface area (Å²) in [6.45, 7) is 3.73. The predicted molar refractivity (Wildman–Crippen MR) is 99.2 cm³/mol. The summed E-state index contributed by atoms with van der Waals surface area (Å²) in [5.74, 6) is 1.06. The summed E-state index contributed by atoms with van der Waals surface area (Å²) in [6.07, 6.45) is 0. The van der Waals surface area contributed by atoms with Crippen LogP contribution in [0.1, 0.15) is 28.4 Å². The Balaban J connectivity index is 2.09. The number of methoxy groups -OCH3 is 1. The van der Waals surface area contributed by atoms with E-state index in [1.54, 1.807) is 25.3 Å². The lowest BCUT2D eigenvalue weighted by Crippen LogP contribution is -2.24. The van der Waals surface area contributed by atoms with Crippen molar-refractivity contribution in [2.24, 2.45) is 0 Å². The van der Waals surface area contributed by atoms with Crippen LogP contribution in [-0.2, 0) is 13.1 Å². The molecular formula is C20H26N2O3. The number of benzene rings is 2. The van der Waals surface area contributed by atoms with Gasteiger partial charge in [-0.3, -0.25) is 4.79 Å². The molecular weight excluding hydrogens is 316 g/mol. The first-order chi connectivity index (χ1) is 12.0. The normalized spacial score (nSPS) is 10.6. The van der Waals surface area contributed by atoms with E-state index in [0.717, 1.165) is 12.1 Å². The minimum absolute atomic E-state index is 0.136. The fourth-order valence-corrected chi connectivity index (χ4v) is 2.59. The average Bonchev–Trinajstić information content (AvgIpc) is 2.60. The smallest absolute Gasteiger partial charge is 0.251 e. The van der Waals surface area contributed by atoms with Gasteiger partial charge in [-0.1, -0.05) is 24.3 Å². The van der Waals surface area contributed by atoms with E-state index in [4.69, 9.17) is 9.47 Å². The van der Waals surface area contributed by atoms with Crippen LogP contribution in [0.25, 0.3) is 0 Å². The number of amides is 1. The number of nitrogens with one attached hydrogen (secondary N) is 1. The molecule has 0 atom stereocenters. The molecule has 0 aliphatic rings. The lowest BCUT2D eigenvalue weighted by atomic mass is 10.1. The fourth-order valence-electron chi connectivity index (χ4n) is 2.59. The SMILES string of the molecule is CCOc1cc(C(=O)NCc2ccccc2CN(C)C)ccc1OC. The molecule has 1 amide bonds. The Morgan fingerprint density at radius 3 is 2.44 bits per heavy atom. The first-order valence-corrected chi connectivity index (χ1v) is 8.35. The van der Waals surface area contributed by atoms with Gasteiger partial charge in [-0.25, -0.2) is 0 Å². The quantitative estimate of drug-likeness (QED) is 0.801. The van der Waals surface area contributed by atoms with E-state index in [0.29, 0.717) is 30.2 Å². The largest absolute Gasteiger partial charge is 0.493 e. The van der Waals surface area contributed by atoms with Gasteiger partial charge in [-0.2, -0.15) is 0 Å². The summed E-state index contributed by atoms with van der Waals surface area (Å²) in [7, 11) is 5.64. The van der Waals surface area contributed by atoms with Gasteiger partial charge >= 0.3 is 0 Å². The molecule has 0 saturated carbocycles. The van der Waals surface area contributed by atoms with Crippen LogP contribution in [0, 0.1) is 0 Å². The minimum atomic E-state index is -0.136. The summed E-state index contributed by atoms with van der Waals surface area (Å²) in [5, 5.41) is 2.98. The number of nitrogens with zero attached hydrogens (tertiary/aromatic N) is 1. The van der Waals surface area contributed by atoms with Crippen molar-refractivity contribution >= 4 is 5.91 Å². The maximum Gasteiger partial charge on any atom is 0.251 e. The second-order valence-corrected chi connectivity index (χ2v) is 5.99. The zero-order chi connectivity index (χ0) is 18.2. The first-order valence-electron chi connectivity index (χ1n) is 8.35.